The summed E-state index contributed by atoms with van der Waals surface area (Å²) >= 11 is 0. The lowest BCUT2D eigenvalue weighted by Gasteiger charge is -2.17. The molecule has 2 aromatic rings. The molecule has 0 fully saturated rings. The molecule has 0 atom stereocenters. The molecule has 6 rings (SSSR count). The summed E-state index contributed by atoms with van der Waals surface area (Å²) in [5.74, 6) is 0. The zero-order valence-corrected chi connectivity index (χ0v) is 21.1. The third-order valence-electron chi connectivity index (χ3n) is 9.02. The molecule has 0 unspecified atom stereocenters. The summed E-state index contributed by atoms with van der Waals surface area (Å²) in [4.78, 5) is 0. The summed E-state index contributed by atoms with van der Waals surface area (Å²) in [5.41, 5.74) is 24.6. The van der Waals surface area contributed by atoms with Gasteiger partial charge in [0.2, 0.25) is 0 Å². The fourth-order valence-electron chi connectivity index (χ4n) is 6.35. The molecule has 0 amide bonds. The first-order chi connectivity index (χ1) is 15.2. The molecule has 0 saturated carbocycles. The molecule has 0 aliphatic heterocycles. The largest absolute Gasteiger partial charge is 0.0798 e. The lowest BCUT2D eigenvalue weighted by atomic mass is 9.88. The van der Waals surface area contributed by atoms with E-state index >= 15 is 0 Å². The summed E-state index contributed by atoms with van der Waals surface area (Å²) in [6.07, 6.45) is 13.9. The maximum absolute atomic E-state index is 2.32. The van der Waals surface area contributed by atoms with Gasteiger partial charge in [-0.3, -0.25) is 0 Å². The predicted octanol–water partition coefficient (Wildman–Crippen LogP) is 8.38. The summed E-state index contributed by atoms with van der Waals surface area (Å²) in [7, 11) is 0. The van der Waals surface area contributed by atoms with Crippen molar-refractivity contribution in [3.05, 3.63) is 102 Å². The molecule has 0 N–H and O–H groups in total. The fourth-order valence-corrected chi connectivity index (χ4v) is 6.35. The van der Waals surface area contributed by atoms with E-state index in [0.717, 1.165) is 12.8 Å². The average Bonchev–Trinajstić information content (AvgIpc) is 3.53. The van der Waals surface area contributed by atoms with Crippen molar-refractivity contribution < 1.29 is 0 Å². The Labute approximate surface area is 194 Å². The molecule has 32 heavy (non-hydrogen) atoms. The molecule has 2 aromatic carbocycles. The van der Waals surface area contributed by atoms with Gasteiger partial charge in [0.25, 0.3) is 0 Å². The van der Waals surface area contributed by atoms with Crippen LogP contribution in [0.2, 0.25) is 0 Å². The van der Waals surface area contributed by atoms with Crippen LogP contribution >= 0.6 is 0 Å². The molecule has 164 valence electrons. The molecular formula is C32H36. The van der Waals surface area contributed by atoms with E-state index in [1.165, 1.54) is 62.9 Å². The molecule has 0 spiro atoms. The van der Waals surface area contributed by atoms with Gasteiger partial charge in [-0.2, -0.15) is 0 Å². The highest BCUT2D eigenvalue weighted by Gasteiger charge is 2.28. The van der Waals surface area contributed by atoms with Crippen molar-refractivity contribution in [1.82, 2.24) is 0 Å². The second kappa shape index (κ2) is 7.48. The van der Waals surface area contributed by atoms with Gasteiger partial charge in [-0.15, -0.1) is 0 Å². The molecule has 0 radical (unpaired) electrons. The quantitative estimate of drug-likeness (QED) is 0.401. The number of hydrogen-bond acceptors (Lipinski definition) is 0. The number of hydrogen-bond donors (Lipinski definition) is 0. The third kappa shape index (κ3) is 2.88. The van der Waals surface area contributed by atoms with Gasteiger partial charge in [0.15, 0.2) is 0 Å². The highest BCUT2D eigenvalue weighted by Crippen LogP contribution is 2.45. The van der Waals surface area contributed by atoms with E-state index in [2.05, 4.69) is 79.7 Å². The Hall–Kier alpha value is -2.60. The molecule has 0 aromatic heterocycles. The molecular weight excluding hydrogens is 384 g/mol. The fraction of sp³-hybridized carbons (Fsp3) is 0.375. The van der Waals surface area contributed by atoms with Gasteiger partial charge in [-0.1, -0.05) is 29.9 Å². The molecule has 0 heterocycles. The Morgan fingerprint density at radius 2 is 1.03 bits per heavy atom. The summed E-state index contributed by atoms with van der Waals surface area (Å²) in [6.45, 7) is 18.2. The van der Waals surface area contributed by atoms with Crippen LogP contribution in [-0.4, -0.2) is 0 Å². The number of allylic oxidation sites excluding steroid dienone is 8. The molecule has 4 aliphatic rings. The Morgan fingerprint density at radius 3 is 1.69 bits per heavy atom. The minimum atomic E-state index is 1.14. The third-order valence-corrected chi connectivity index (χ3v) is 9.02. The van der Waals surface area contributed by atoms with Crippen LogP contribution in [0.3, 0.4) is 0 Å². The second-order valence-corrected chi connectivity index (χ2v) is 10.3. The second-order valence-electron chi connectivity index (χ2n) is 10.3. The topological polar surface area (TPSA) is 0 Å². The monoisotopic (exact) mass is 420 g/mol. The summed E-state index contributed by atoms with van der Waals surface area (Å²) < 4.78 is 0. The van der Waals surface area contributed by atoms with Gasteiger partial charge in [0, 0.05) is 0 Å². The first-order valence-electron chi connectivity index (χ1n) is 12.2. The molecule has 0 saturated heterocycles. The van der Waals surface area contributed by atoms with Crippen LogP contribution in [0, 0.1) is 55.4 Å². The minimum Gasteiger partial charge on any atom is -0.0798 e. The van der Waals surface area contributed by atoms with Crippen molar-refractivity contribution in [2.24, 2.45) is 0 Å². The van der Waals surface area contributed by atoms with E-state index in [1.807, 2.05) is 0 Å². The Kier molecular flexibility index (Phi) is 4.97. The lowest BCUT2D eigenvalue weighted by Crippen LogP contribution is -2.01. The number of benzene rings is 2. The highest BCUT2D eigenvalue weighted by molar-refractivity contribution is 5.88. The Bertz CT molecular complexity index is 1320. The van der Waals surface area contributed by atoms with Crippen molar-refractivity contribution in [3.63, 3.8) is 0 Å². The first-order valence-corrected chi connectivity index (χ1v) is 12.2. The van der Waals surface area contributed by atoms with E-state index in [9.17, 15) is 0 Å². The summed E-state index contributed by atoms with van der Waals surface area (Å²) in [5, 5.41) is 0. The van der Waals surface area contributed by atoms with E-state index in [-0.39, 0.29) is 0 Å². The van der Waals surface area contributed by atoms with Crippen LogP contribution < -0.4 is 0 Å². The minimum absolute atomic E-state index is 1.14. The van der Waals surface area contributed by atoms with Crippen molar-refractivity contribution in [2.75, 3.05) is 0 Å². The molecule has 0 heteroatoms. The zero-order valence-electron chi connectivity index (χ0n) is 21.1. The van der Waals surface area contributed by atoms with Crippen LogP contribution in [0.5, 0.6) is 0 Å². The normalized spacial score (nSPS) is 17.0. The van der Waals surface area contributed by atoms with Crippen molar-refractivity contribution >= 4 is 11.1 Å². The maximum atomic E-state index is 2.32. The number of fused-ring (bicyclic) bond motifs is 4. The number of rotatable bonds is 0. The molecule has 0 nitrogen and oxygen atoms in total. The van der Waals surface area contributed by atoms with E-state index in [1.54, 1.807) is 39.0 Å². The average molecular weight is 421 g/mol. The van der Waals surface area contributed by atoms with E-state index in [0.29, 0.717) is 0 Å². The van der Waals surface area contributed by atoms with Crippen LogP contribution in [0.15, 0.2) is 35.5 Å². The van der Waals surface area contributed by atoms with Crippen LogP contribution in [0.1, 0.15) is 79.6 Å². The van der Waals surface area contributed by atoms with Crippen LogP contribution in [-0.2, 0) is 12.8 Å². The Morgan fingerprint density at radius 1 is 0.500 bits per heavy atom. The molecule has 4 aliphatic carbocycles. The predicted molar refractivity (Wildman–Crippen MR) is 140 cm³/mol. The smallest absolute Gasteiger partial charge is 0.00139 e. The van der Waals surface area contributed by atoms with Gasteiger partial charge in [0.05, 0.1) is 0 Å². The Balaban J connectivity index is 0.000000135. The van der Waals surface area contributed by atoms with Crippen molar-refractivity contribution in [2.45, 2.75) is 81.1 Å². The SMILES string of the molecule is Cc1c(C)c(C)c2c(c1C)CC1=C2C=CC1.Cc1c(C)c(C)c2c(c1C)CC1=C2CC=C1. The maximum Gasteiger partial charge on any atom is -0.00139 e. The van der Waals surface area contributed by atoms with Crippen molar-refractivity contribution in [1.29, 1.82) is 0 Å². The van der Waals surface area contributed by atoms with Gasteiger partial charge < -0.3 is 0 Å². The highest BCUT2D eigenvalue weighted by atomic mass is 14.3. The molecule has 0 bridgehead atoms. The zero-order chi connectivity index (χ0) is 22.9. The van der Waals surface area contributed by atoms with Crippen LogP contribution in [0.4, 0.5) is 0 Å². The lowest BCUT2D eigenvalue weighted by molar-refractivity contribution is 1.07. The van der Waals surface area contributed by atoms with Crippen LogP contribution in [0.25, 0.3) is 11.1 Å². The standard InChI is InChI=1S/2C16H18/c2*1-9-10(2)12(4)16-14-7-5-6-13(14)8-15(16)11(9)3/h5,7H,6,8H2,1-4H3;5-6H,7-8H2,1-4H3. The van der Waals surface area contributed by atoms with Crippen molar-refractivity contribution in [3.8, 4) is 0 Å². The van der Waals surface area contributed by atoms with Gasteiger partial charge in [-0.25, -0.2) is 0 Å². The van der Waals surface area contributed by atoms with Gasteiger partial charge >= 0.3 is 0 Å². The summed E-state index contributed by atoms with van der Waals surface area (Å²) in [6, 6.07) is 0. The van der Waals surface area contributed by atoms with E-state index < -0.39 is 0 Å². The van der Waals surface area contributed by atoms with Gasteiger partial charge in [-0.05, 0) is 165 Å². The van der Waals surface area contributed by atoms with E-state index in [4.69, 9.17) is 0 Å². The first kappa shape index (κ1) is 21.3. The van der Waals surface area contributed by atoms with Gasteiger partial charge in [0.1, 0.15) is 0 Å².